The Hall–Kier alpha value is -0.640. The molecule has 0 saturated carbocycles. The molecule has 0 aromatic carbocycles. The summed E-state index contributed by atoms with van der Waals surface area (Å²) < 4.78 is 30.5. The van der Waals surface area contributed by atoms with Crippen LogP contribution >= 0.6 is 0 Å². The molecule has 0 spiro atoms. The Morgan fingerprint density at radius 3 is 2.57 bits per heavy atom. The zero-order valence-electron chi connectivity index (χ0n) is 8.06. The smallest absolute Gasteiger partial charge is 0.227 e. The Morgan fingerprint density at radius 2 is 2.07 bits per heavy atom. The summed E-state index contributed by atoms with van der Waals surface area (Å²) >= 11 is 0. The van der Waals surface area contributed by atoms with Crippen molar-refractivity contribution in [2.75, 3.05) is 13.2 Å². The summed E-state index contributed by atoms with van der Waals surface area (Å²) in [5, 5.41) is 7.51. The summed E-state index contributed by atoms with van der Waals surface area (Å²) in [7, 11) is -3.48. The van der Waals surface area contributed by atoms with Gasteiger partial charge in [-0.15, -0.1) is 0 Å². The fourth-order valence-corrected chi connectivity index (χ4v) is 2.26. The van der Waals surface area contributed by atoms with Crippen molar-refractivity contribution < 1.29 is 13.2 Å². The van der Waals surface area contributed by atoms with E-state index in [1.807, 2.05) is 0 Å². The van der Waals surface area contributed by atoms with E-state index in [0.29, 0.717) is 26.1 Å². The van der Waals surface area contributed by atoms with Crippen LogP contribution in [0.5, 0.6) is 0 Å². The summed E-state index contributed by atoms with van der Waals surface area (Å²) in [5.41, 5.74) is 0. The molecule has 1 atom stereocenters. The van der Waals surface area contributed by atoms with Crippen molar-refractivity contribution in [1.82, 2.24) is 4.72 Å². The van der Waals surface area contributed by atoms with Crippen molar-refractivity contribution in [2.45, 2.75) is 31.1 Å². The molecule has 6 heteroatoms. The van der Waals surface area contributed by atoms with E-state index in [0.717, 1.165) is 0 Å². The van der Waals surface area contributed by atoms with E-state index in [-0.39, 0.29) is 6.04 Å². The summed E-state index contributed by atoms with van der Waals surface area (Å²) in [4.78, 5) is 0. The zero-order valence-corrected chi connectivity index (χ0v) is 8.88. The number of hydrogen-bond acceptors (Lipinski definition) is 4. The molecule has 0 radical (unpaired) electrons. The van der Waals surface area contributed by atoms with Crippen LogP contribution in [0.15, 0.2) is 0 Å². The number of ether oxygens (including phenoxy) is 1. The predicted molar refractivity (Wildman–Crippen MR) is 51.0 cm³/mol. The SMILES string of the molecule is CC(C#N)S(=O)(=O)NC1CCOCC1. The molecule has 0 aliphatic carbocycles. The summed E-state index contributed by atoms with van der Waals surface area (Å²) in [6.45, 7) is 2.53. The Morgan fingerprint density at radius 1 is 1.50 bits per heavy atom. The third kappa shape index (κ3) is 2.94. The minimum atomic E-state index is -3.48. The van der Waals surface area contributed by atoms with Crippen molar-refractivity contribution in [3.8, 4) is 6.07 Å². The maximum atomic E-state index is 11.5. The van der Waals surface area contributed by atoms with Gasteiger partial charge in [0.25, 0.3) is 0 Å². The normalized spacial score (nSPS) is 21.4. The Bertz CT molecular complexity index is 314. The average molecular weight is 218 g/mol. The number of sulfonamides is 1. The molecule has 1 rings (SSSR count). The molecule has 1 N–H and O–H groups in total. The number of hydrogen-bond donors (Lipinski definition) is 1. The van der Waals surface area contributed by atoms with Crippen LogP contribution in [0, 0.1) is 11.3 Å². The van der Waals surface area contributed by atoms with Gasteiger partial charge in [-0.05, 0) is 19.8 Å². The van der Waals surface area contributed by atoms with Crippen LogP contribution in [0.4, 0.5) is 0 Å². The van der Waals surface area contributed by atoms with E-state index in [2.05, 4.69) is 4.72 Å². The molecule has 14 heavy (non-hydrogen) atoms. The van der Waals surface area contributed by atoms with Gasteiger partial charge in [0.15, 0.2) is 5.25 Å². The number of rotatable bonds is 3. The Labute approximate surface area is 84.1 Å². The van der Waals surface area contributed by atoms with Crippen molar-refractivity contribution in [2.24, 2.45) is 0 Å². The predicted octanol–water partition coefficient (Wildman–Crippen LogP) is -0.00312. The number of nitriles is 1. The molecule has 1 saturated heterocycles. The van der Waals surface area contributed by atoms with Gasteiger partial charge in [-0.2, -0.15) is 5.26 Å². The Kier molecular flexibility index (Phi) is 3.86. The highest BCUT2D eigenvalue weighted by molar-refractivity contribution is 7.90. The molecule has 80 valence electrons. The highest BCUT2D eigenvalue weighted by Gasteiger charge is 2.25. The standard InChI is InChI=1S/C8H14N2O3S/c1-7(6-9)14(11,12)10-8-2-4-13-5-3-8/h7-8,10H,2-5H2,1H3. The summed E-state index contributed by atoms with van der Waals surface area (Å²) in [6.07, 6.45) is 1.36. The zero-order chi connectivity index (χ0) is 10.6. The first-order valence-electron chi connectivity index (χ1n) is 4.55. The van der Waals surface area contributed by atoms with Gasteiger partial charge in [0.2, 0.25) is 10.0 Å². The van der Waals surface area contributed by atoms with Crippen LogP contribution in [0.1, 0.15) is 19.8 Å². The van der Waals surface area contributed by atoms with E-state index in [1.165, 1.54) is 6.92 Å². The van der Waals surface area contributed by atoms with Crippen molar-refractivity contribution in [1.29, 1.82) is 5.26 Å². The maximum Gasteiger partial charge on any atom is 0.227 e. The van der Waals surface area contributed by atoms with Gasteiger partial charge in [0, 0.05) is 19.3 Å². The molecular weight excluding hydrogens is 204 g/mol. The first-order chi connectivity index (χ1) is 6.56. The highest BCUT2D eigenvalue weighted by atomic mass is 32.2. The quantitative estimate of drug-likeness (QED) is 0.723. The highest BCUT2D eigenvalue weighted by Crippen LogP contribution is 2.09. The second-order valence-corrected chi connectivity index (χ2v) is 5.35. The lowest BCUT2D eigenvalue weighted by Gasteiger charge is -2.23. The monoisotopic (exact) mass is 218 g/mol. The lowest BCUT2D eigenvalue weighted by molar-refractivity contribution is 0.0832. The third-order valence-corrected chi connectivity index (χ3v) is 3.90. The number of nitrogens with zero attached hydrogens (tertiary/aromatic N) is 1. The van der Waals surface area contributed by atoms with E-state index < -0.39 is 15.3 Å². The molecular formula is C8H14N2O3S. The van der Waals surface area contributed by atoms with Crippen LogP contribution in [0.2, 0.25) is 0 Å². The largest absolute Gasteiger partial charge is 0.381 e. The molecule has 1 fully saturated rings. The van der Waals surface area contributed by atoms with Gasteiger partial charge in [0.1, 0.15) is 0 Å². The molecule has 1 heterocycles. The minimum absolute atomic E-state index is 0.0791. The second-order valence-electron chi connectivity index (χ2n) is 3.32. The lowest BCUT2D eigenvalue weighted by Crippen LogP contribution is -2.42. The van der Waals surface area contributed by atoms with Crippen LogP contribution in [-0.4, -0.2) is 32.9 Å². The van der Waals surface area contributed by atoms with Gasteiger partial charge < -0.3 is 4.74 Å². The van der Waals surface area contributed by atoms with Crippen LogP contribution in [-0.2, 0) is 14.8 Å². The van der Waals surface area contributed by atoms with Gasteiger partial charge in [-0.3, -0.25) is 0 Å². The molecule has 0 aromatic rings. The molecule has 1 aliphatic rings. The fourth-order valence-electron chi connectivity index (χ4n) is 1.22. The molecule has 0 bridgehead atoms. The summed E-state index contributed by atoms with van der Waals surface area (Å²) in [6, 6.07) is 1.63. The van der Waals surface area contributed by atoms with Gasteiger partial charge in [-0.25, -0.2) is 13.1 Å². The molecule has 0 aromatic heterocycles. The van der Waals surface area contributed by atoms with E-state index in [9.17, 15) is 8.42 Å². The maximum absolute atomic E-state index is 11.5. The Balaban J connectivity index is 2.54. The average Bonchev–Trinajstić information content (AvgIpc) is 2.17. The van der Waals surface area contributed by atoms with Gasteiger partial charge >= 0.3 is 0 Å². The van der Waals surface area contributed by atoms with Crippen LogP contribution in [0.3, 0.4) is 0 Å². The topological polar surface area (TPSA) is 79.2 Å². The van der Waals surface area contributed by atoms with Crippen molar-refractivity contribution in [3.63, 3.8) is 0 Å². The molecule has 5 nitrogen and oxygen atoms in total. The molecule has 1 aliphatic heterocycles. The van der Waals surface area contributed by atoms with E-state index in [1.54, 1.807) is 6.07 Å². The van der Waals surface area contributed by atoms with Crippen LogP contribution in [0.25, 0.3) is 0 Å². The first-order valence-corrected chi connectivity index (χ1v) is 6.09. The van der Waals surface area contributed by atoms with Gasteiger partial charge in [-0.1, -0.05) is 0 Å². The second kappa shape index (κ2) is 4.73. The lowest BCUT2D eigenvalue weighted by atomic mass is 10.1. The fraction of sp³-hybridized carbons (Fsp3) is 0.875. The van der Waals surface area contributed by atoms with E-state index >= 15 is 0 Å². The van der Waals surface area contributed by atoms with Crippen molar-refractivity contribution in [3.05, 3.63) is 0 Å². The molecule has 0 amide bonds. The van der Waals surface area contributed by atoms with Crippen molar-refractivity contribution >= 4 is 10.0 Å². The summed E-state index contributed by atoms with van der Waals surface area (Å²) in [5.74, 6) is 0. The first kappa shape index (κ1) is 11.4. The van der Waals surface area contributed by atoms with Gasteiger partial charge in [0.05, 0.1) is 6.07 Å². The minimum Gasteiger partial charge on any atom is -0.381 e. The third-order valence-electron chi connectivity index (χ3n) is 2.20. The molecule has 1 unspecified atom stereocenters. The van der Waals surface area contributed by atoms with E-state index in [4.69, 9.17) is 10.00 Å². The number of nitrogens with one attached hydrogen (secondary N) is 1. The van der Waals surface area contributed by atoms with Crippen LogP contribution < -0.4 is 4.72 Å².